The first kappa shape index (κ1) is 22.7. The second-order valence-electron chi connectivity index (χ2n) is 7.03. The molecular formula is C18H28F2N3O4S+. The van der Waals surface area contributed by atoms with Crippen molar-refractivity contribution in [1.29, 1.82) is 0 Å². The topological polar surface area (TPSA) is 80.2 Å². The maximum atomic E-state index is 13.9. The third kappa shape index (κ3) is 6.47. The third-order valence-electron chi connectivity index (χ3n) is 4.45. The van der Waals surface area contributed by atoms with Crippen LogP contribution in [-0.4, -0.2) is 70.6 Å². The van der Waals surface area contributed by atoms with Gasteiger partial charge in [-0.25, -0.2) is 17.2 Å². The Bertz CT molecular complexity index is 766. The van der Waals surface area contributed by atoms with Crippen molar-refractivity contribution in [3.8, 4) is 0 Å². The molecule has 0 atom stereocenters. The highest BCUT2D eigenvalue weighted by Crippen LogP contribution is 2.20. The Kier molecular flexibility index (Phi) is 8.29. The zero-order valence-electron chi connectivity index (χ0n) is 16.2. The van der Waals surface area contributed by atoms with Gasteiger partial charge < -0.3 is 15.0 Å². The molecule has 1 heterocycles. The van der Waals surface area contributed by atoms with E-state index in [4.69, 9.17) is 4.74 Å². The van der Waals surface area contributed by atoms with E-state index >= 15 is 0 Å². The summed E-state index contributed by atoms with van der Waals surface area (Å²) in [6.07, 6.45) is 0.894. The molecule has 0 bridgehead atoms. The molecule has 1 saturated heterocycles. The third-order valence-corrected chi connectivity index (χ3v) is 6.38. The molecule has 0 unspecified atom stereocenters. The van der Waals surface area contributed by atoms with Crippen LogP contribution in [0.25, 0.3) is 0 Å². The van der Waals surface area contributed by atoms with Gasteiger partial charge in [0.2, 0.25) is 10.0 Å². The van der Waals surface area contributed by atoms with Crippen molar-refractivity contribution in [2.45, 2.75) is 31.3 Å². The summed E-state index contributed by atoms with van der Waals surface area (Å²) < 4.78 is 58.6. The molecule has 0 saturated carbocycles. The fourth-order valence-corrected chi connectivity index (χ4v) is 4.44. The normalized spacial score (nSPS) is 16.5. The van der Waals surface area contributed by atoms with Crippen LogP contribution in [0.15, 0.2) is 23.1 Å². The molecule has 7 nitrogen and oxygen atoms in total. The molecular weight excluding hydrogens is 392 g/mol. The summed E-state index contributed by atoms with van der Waals surface area (Å²) in [5.74, 6) is -2.02. The van der Waals surface area contributed by atoms with Gasteiger partial charge in [-0.3, -0.25) is 4.79 Å². The van der Waals surface area contributed by atoms with Gasteiger partial charge in [-0.2, -0.15) is 4.31 Å². The van der Waals surface area contributed by atoms with Gasteiger partial charge in [0.05, 0.1) is 32.3 Å². The molecule has 2 N–H and O–H groups in total. The SMILES string of the molecule is CC(C)OCCCNC(=O)C[NH+]1CCN(S(=O)(=O)c2ccc(F)cc2F)CC1. The van der Waals surface area contributed by atoms with E-state index in [0.717, 1.165) is 23.5 Å². The lowest BCUT2D eigenvalue weighted by atomic mass is 10.3. The van der Waals surface area contributed by atoms with Gasteiger partial charge >= 0.3 is 0 Å². The minimum atomic E-state index is -4.03. The Morgan fingerprint density at radius 3 is 2.57 bits per heavy atom. The van der Waals surface area contributed by atoms with Crippen molar-refractivity contribution in [2.75, 3.05) is 45.9 Å². The summed E-state index contributed by atoms with van der Waals surface area (Å²) in [5.41, 5.74) is 0. The van der Waals surface area contributed by atoms with E-state index in [0.29, 0.717) is 32.3 Å². The quantitative estimate of drug-likeness (QED) is 0.542. The summed E-state index contributed by atoms with van der Waals surface area (Å²) in [5, 5.41) is 2.83. The highest BCUT2D eigenvalue weighted by Gasteiger charge is 2.32. The van der Waals surface area contributed by atoms with Gasteiger partial charge in [0, 0.05) is 19.2 Å². The Morgan fingerprint density at radius 1 is 1.29 bits per heavy atom. The average molecular weight is 421 g/mol. The molecule has 1 aliphatic heterocycles. The molecule has 1 aromatic carbocycles. The second-order valence-corrected chi connectivity index (χ2v) is 8.94. The number of quaternary nitrogens is 1. The number of rotatable bonds is 9. The molecule has 0 aliphatic carbocycles. The number of nitrogens with one attached hydrogen (secondary N) is 2. The highest BCUT2D eigenvalue weighted by atomic mass is 32.2. The minimum absolute atomic E-state index is 0.0968. The van der Waals surface area contributed by atoms with Crippen LogP contribution in [0.1, 0.15) is 20.3 Å². The summed E-state index contributed by atoms with van der Waals surface area (Å²) in [4.78, 5) is 12.4. The van der Waals surface area contributed by atoms with Gasteiger partial charge in [0.1, 0.15) is 16.5 Å². The van der Waals surface area contributed by atoms with Crippen molar-refractivity contribution in [2.24, 2.45) is 0 Å². The van der Waals surface area contributed by atoms with E-state index in [1.807, 2.05) is 13.8 Å². The Morgan fingerprint density at radius 2 is 1.96 bits per heavy atom. The maximum absolute atomic E-state index is 13.9. The summed E-state index contributed by atoms with van der Waals surface area (Å²) in [6.45, 7) is 6.48. The van der Waals surface area contributed by atoms with Crippen LogP contribution in [0.3, 0.4) is 0 Å². The van der Waals surface area contributed by atoms with Crippen LogP contribution in [0.4, 0.5) is 8.78 Å². The van der Waals surface area contributed by atoms with Gasteiger partial charge in [-0.05, 0) is 32.4 Å². The number of benzene rings is 1. The molecule has 1 aromatic rings. The van der Waals surface area contributed by atoms with Crippen LogP contribution in [-0.2, 0) is 19.6 Å². The van der Waals surface area contributed by atoms with Gasteiger partial charge in [0.25, 0.3) is 5.91 Å². The number of nitrogens with zero attached hydrogens (tertiary/aromatic N) is 1. The second kappa shape index (κ2) is 10.2. The van der Waals surface area contributed by atoms with Crippen LogP contribution in [0, 0.1) is 11.6 Å². The van der Waals surface area contributed by atoms with Crippen LogP contribution >= 0.6 is 0 Å². The van der Waals surface area contributed by atoms with E-state index in [2.05, 4.69) is 5.32 Å². The molecule has 0 spiro atoms. The van der Waals surface area contributed by atoms with Crippen LogP contribution in [0.5, 0.6) is 0 Å². The molecule has 1 aliphatic rings. The minimum Gasteiger partial charge on any atom is -0.379 e. The summed E-state index contributed by atoms with van der Waals surface area (Å²) in [7, 11) is -4.03. The lowest BCUT2D eigenvalue weighted by molar-refractivity contribution is -0.895. The molecule has 1 fully saturated rings. The van der Waals surface area contributed by atoms with Crippen molar-refractivity contribution in [1.82, 2.24) is 9.62 Å². The Balaban J connectivity index is 1.78. The molecule has 28 heavy (non-hydrogen) atoms. The van der Waals surface area contributed by atoms with E-state index < -0.39 is 26.6 Å². The first-order valence-corrected chi connectivity index (χ1v) is 10.8. The van der Waals surface area contributed by atoms with Crippen molar-refractivity contribution >= 4 is 15.9 Å². The summed E-state index contributed by atoms with van der Waals surface area (Å²) in [6, 6.07) is 2.43. The largest absolute Gasteiger partial charge is 0.379 e. The lowest BCUT2D eigenvalue weighted by Crippen LogP contribution is -3.15. The maximum Gasteiger partial charge on any atom is 0.275 e. The highest BCUT2D eigenvalue weighted by molar-refractivity contribution is 7.89. The van der Waals surface area contributed by atoms with E-state index in [1.165, 1.54) is 4.31 Å². The van der Waals surface area contributed by atoms with Crippen molar-refractivity contribution in [3.05, 3.63) is 29.8 Å². The molecule has 0 radical (unpaired) electrons. The number of hydrogen-bond donors (Lipinski definition) is 2. The van der Waals surface area contributed by atoms with Gasteiger partial charge in [-0.15, -0.1) is 0 Å². The monoisotopic (exact) mass is 420 g/mol. The van der Waals surface area contributed by atoms with Gasteiger partial charge in [-0.1, -0.05) is 0 Å². The number of carbonyl (C=O) groups excluding carboxylic acids is 1. The lowest BCUT2D eigenvalue weighted by Gasteiger charge is -2.31. The number of halogens is 2. The van der Waals surface area contributed by atoms with Crippen LogP contribution in [0.2, 0.25) is 0 Å². The molecule has 158 valence electrons. The molecule has 1 amide bonds. The zero-order valence-corrected chi connectivity index (χ0v) is 17.0. The number of hydrogen-bond acceptors (Lipinski definition) is 4. The van der Waals surface area contributed by atoms with Gasteiger partial charge in [0.15, 0.2) is 6.54 Å². The standard InChI is InChI=1S/C18H27F2N3O4S/c1-14(2)27-11-3-6-21-18(24)13-22-7-9-23(10-8-22)28(25,26)17-5-4-15(19)12-16(17)20/h4-5,12,14H,3,6-11,13H2,1-2H3,(H,21,24)/p+1. The van der Waals surface area contributed by atoms with E-state index in [1.54, 1.807) is 0 Å². The number of sulfonamides is 1. The number of piperazine rings is 1. The van der Waals surface area contributed by atoms with E-state index in [9.17, 15) is 22.0 Å². The fourth-order valence-electron chi connectivity index (χ4n) is 2.95. The predicted octanol–water partition coefficient (Wildman–Crippen LogP) is -0.215. The van der Waals surface area contributed by atoms with Crippen molar-refractivity contribution in [3.63, 3.8) is 0 Å². The number of ether oxygens (including phenoxy) is 1. The smallest absolute Gasteiger partial charge is 0.275 e. The van der Waals surface area contributed by atoms with Crippen molar-refractivity contribution < 1.29 is 31.6 Å². The van der Waals surface area contributed by atoms with E-state index in [-0.39, 0.29) is 31.6 Å². The Hall–Kier alpha value is -1.62. The molecule has 0 aromatic heterocycles. The fraction of sp³-hybridized carbons (Fsp3) is 0.611. The first-order chi connectivity index (χ1) is 13.2. The predicted molar refractivity (Wildman–Crippen MR) is 99.4 cm³/mol. The molecule has 2 rings (SSSR count). The average Bonchev–Trinajstić information content (AvgIpc) is 2.61. The zero-order chi connectivity index (χ0) is 20.7. The number of amides is 1. The summed E-state index contributed by atoms with van der Waals surface area (Å²) >= 11 is 0. The number of carbonyl (C=O) groups is 1. The first-order valence-electron chi connectivity index (χ1n) is 9.37. The van der Waals surface area contributed by atoms with Crippen LogP contribution < -0.4 is 10.2 Å². The Labute approximate surface area is 164 Å². The molecule has 10 heteroatoms.